The van der Waals surface area contributed by atoms with E-state index in [0.717, 1.165) is 5.69 Å². The highest BCUT2D eigenvalue weighted by Crippen LogP contribution is 2.40. The molecule has 3 heteroatoms. The molecule has 2 nitrogen and oxygen atoms in total. The van der Waals surface area contributed by atoms with Crippen LogP contribution in [0, 0.1) is 0 Å². The normalized spacial score (nSPS) is 11.8. The maximum Gasteiger partial charge on any atom is 0.181 e. The monoisotopic (exact) mass is 818 g/mol. The van der Waals surface area contributed by atoms with Gasteiger partial charge in [0.2, 0.25) is 0 Å². The Morgan fingerprint density at radius 2 is 0.730 bits per heavy atom. The molecule has 0 radical (unpaired) electrons. The van der Waals surface area contributed by atoms with Crippen molar-refractivity contribution in [2.24, 2.45) is 0 Å². The van der Waals surface area contributed by atoms with Gasteiger partial charge in [0.1, 0.15) is 0 Å². The van der Waals surface area contributed by atoms with Crippen LogP contribution in [0.2, 0.25) is 0 Å². The van der Waals surface area contributed by atoms with Crippen LogP contribution in [0.4, 0.5) is 0 Å². The lowest BCUT2D eigenvalue weighted by atomic mass is 9.99. The molecule has 63 heavy (non-hydrogen) atoms. The minimum atomic E-state index is -2.94. The fraction of sp³-hybridized carbons (Fsp3) is 0. The summed E-state index contributed by atoms with van der Waals surface area (Å²) < 4.78 is 5.04. The van der Waals surface area contributed by atoms with Crippen LogP contribution in [0.25, 0.3) is 77.2 Å². The van der Waals surface area contributed by atoms with E-state index in [1.165, 1.54) is 92.3 Å². The summed E-state index contributed by atoms with van der Waals surface area (Å²) in [6.07, 6.45) is 0. The van der Waals surface area contributed by atoms with E-state index < -0.39 is 8.07 Å². The van der Waals surface area contributed by atoms with Crippen molar-refractivity contribution in [2.75, 3.05) is 0 Å². The fourth-order valence-electron chi connectivity index (χ4n) is 10.4. The Morgan fingerprint density at radius 3 is 1.35 bits per heavy atom. The van der Waals surface area contributed by atoms with Crippen LogP contribution in [0.5, 0.6) is 0 Å². The SMILES string of the molecule is c1ccc(-c2cccc(-c3ccc(-n4c5ccccc5c5c(-n6c7ccccc7c7cccc([Si](c8ccccc8)(c8ccccc8)c8ccccc8)c76)cccc54)cc3)c2)cc1. The maximum absolute atomic E-state index is 2.94. The first kappa shape index (κ1) is 36.8. The largest absolute Gasteiger partial charge is 0.309 e. The predicted molar refractivity (Wildman–Crippen MR) is 270 cm³/mol. The molecule has 0 saturated carbocycles. The van der Waals surface area contributed by atoms with Gasteiger partial charge in [0.25, 0.3) is 0 Å². The number of para-hydroxylation sites is 3. The molecule has 0 amide bonds. The molecule has 10 aromatic carbocycles. The lowest BCUT2D eigenvalue weighted by Gasteiger charge is -2.35. The molecule has 0 aliphatic carbocycles. The molecular formula is C60H42N2Si. The van der Waals surface area contributed by atoms with Crippen LogP contribution < -0.4 is 20.7 Å². The third-order valence-corrected chi connectivity index (χ3v) is 17.9. The van der Waals surface area contributed by atoms with Crippen LogP contribution in [-0.4, -0.2) is 17.2 Å². The summed E-state index contributed by atoms with van der Waals surface area (Å²) in [7, 11) is -2.94. The number of rotatable bonds is 8. The van der Waals surface area contributed by atoms with Gasteiger partial charge >= 0.3 is 0 Å². The van der Waals surface area contributed by atoms with Gasteiger partial charge in [-0.25, -0.2) is 0 Å². The van der Waals surface area contributed by atoms with Crippen LogP contribution in [0.15, 0.2) is 255 Å². The number of aromatic nitrogens is 2. The second kappa shape index (κ2) is 15.2. The molecule has 0 N–H and O–H groups in total. The Kier molecular flexibility index (Phi) is 8.87. The highest BCUT2D eigenvalue weighted by atomic mass is 28.3. The van der Waals surface area contributed by atoms with Crippen molar-refractivity contribution in [1.82, 2.24) is 9.13 Å². The van der Waals surface area contributed by atoms with E-state index in [4.69, 9.17) is 0 Å². The Hall–Kier alpha value is -7.98. The molecule has 296 valence electrons. The zero-order valence-corrected chi connectivity index (χ0v) is 35.6. The highest BCUT2D eigenvalue weighted by molar-refractivity contribution is 7.20. The van der Waals surface area contributed by atoms with E-state index >= 15 is 0 Å². The van der Waals surface area contributed by atoms with Crippen LogP contribution in [-0.2, 0) is 0 Å². The summed E-state index contributed by atoms with van der Waals surface area (Å²) in [5.41, 5.74) is 12.0. The van der Waals surface area contributed by atoms with Gasteiger partial charge < -0.3 is 9.13 Å². The first-order chi connectivity index (χ1) is 31.3. The number of benzene rings is 10. The Morgan fingerprint density at radius 1 is 0.286 bits per heavy atom. The molecular weight excluding hydrogens is 777 g/mol. The van der Waals surface area contributed by atoms with E-state index in [-0.39, 0.29) is 0 Å². The summed E-state index contributed by atoms with van der Waals surface area (Å²) in [4.78, 5) is 0. The summed E-state index contributed by atoms with van der Waals surface area (Å²) >= 11 is 0. The average Bonchev–Trinajstić information content (AvgIpc) is 3.89. The lowest BCUT2D eigenvalue weighted by Crippen LogP contribution is -2.75. The molecule has 0 atom stereocenters. The zero-order chi connectivity index (χ0) is 41.7. The summed E-state index contributed by atoms with van der Waals surface area (Å²) in [6.45, 7) is 0. The highest BCUT2D eigenvalue weighted by Gasteiger charge is 2.43. The number of fused-ring (bicyclic) bond motifs is 6. The molecule has 2 heterocycles. The van der Waals surface area contributed by atoms with Gasteiger partial charge in [-0.1, -0.05) is 212 Å². The molecule has 0 saturated heterocycles. The molecule has 2 aromatic heterocycles. The van der Waals surface area contributed by atoms with Crippen molar-refractivity contribution in [1.29, 1.82) is 0 Å². The van der Waals surface area contributed by atoms with Crippen LogP contribution >= 0.6 is 0 Å². The maximum atomic E-state index is 2.60. The summed E-state index contributed by atoms with van der Waals surface area (Å²) in [5.74, 6) is 0. The molecule has 12 aromatic rings. The van der Waals surface area contributed by atoms with E-state index in [2.05, 4.69) is 264 Å². The van der Waals surface area contributed by atoms with E-state index in [1.807, 2.05) is 0 Å². The van der Waals surface area contributed by atoms with E-state index in [1.54, 1.807) is 0 Å². The lowest BCUT2D eigenvalue weighted by molar-refractivity contribution is 1.17. The van der Waals surface area contributed by atoms with Crippen molar-refractivity contribution in [3.05, 3.63) is 255 Å². The minimum Gasteiger partial charge on any atom is -0.309 e. The standard InChI is InChI=1S/C60H42N2Si/c1-5-20-43(21-6-1)45-22-17-23-46(42-45)44-38-40-47(41-39-44)61-55-34-16-14-31-53(55)59-56(61)35-19-36-57(59)62-54-33-15-13-30-51(54)52-32-18-37-58(60(52)62)63(48-24-7-2-8-25-48,49-26-9-3-10-27-49)50-28-11-4-12-29-50/h1-42H. The molecule has 0 bridgehead atoms. The molecule has 12 rings (SSSR count). The van der Waals surface area contributed by atoms with Gasteiger partial charge in [0.15, 0.2) is 8.07 Å². The van der Waals surface area contributed by atoms with Gasteiger partial charge in [-0.3, -0.25) is 0 Å². The van der Waals surface area contributed by atoms with Crippen LogP contribution in [0.1, 0.15) is 0 Å². The molecule has 0 spiro atoms. The summed E-state index contributed by atoms with van der Waals surface area (Å²) in [5, 5.41) is 10.4. The van der Waals surface area contributed by atoms with Crippen molar-refractivity contribution in [2.45, 2.75) is 0 Å². The molecule has 0 aliphatic rings. The number of hydrogen-bond acceptors (Lipinski definition) is 0. The average molecular weight is 819 g/mol. The van der Waals surface area contributed by atoms with Crippen molar-refractivity contribution >= 4 is 72.4 Å². The van der Waals surface area contributed by atoms with Gasteiger partial charge in [-0.05, 0) is 85.5 Å². The van der Waals surface area contributed by atoms with Crippen LogP contribution in [0.3, 0.4) is 0 Å². The predicted octanol–water partition coefficient (Wildman–Crippen LogP) is 12.6. The second-order valence-electron chi connectivity index (χ2n) is 16.4. The van der Waals surface area contributed by atoms with Crippen molar-refractivity contribution < 1.29 is 0 Å². The molecule has 0 fully saturated rings. The first-order valence-corrected chi connectivity index (χ1v) is 23.8. The van der Waals surface area contributed by atoms with Gasteiger partial charge in [-0.2, -0.15) is 0 Å². The van der Waals surface area contributed by atoms with Gasteiger partial charge in [-0.15, -0.1) is 0 Å². The third-order valence-electron chi connectivity index (χ3n) is 13.1. The topological polar surface area (TPSA) is 9.86 Å². The van der Waals surface area contributed by atoms with Gasteiger partial charge in [0.05, 0.1) is 27.8 Å². The van der Waals surface area contributed by atoms with Crippen molar-refractivity contribution in [3.8, 4) is 33.6 Å². The number of hydrogen-bond donors (Lipinski definition) is 0. The van der Waals surface area contributed by atoms with Gasteiger partial charge in [0, 0.05) is 27.2 Å². The quantitative estimate of drug-likeness (QED) is 0.107. The van der Waals surface area contributed by atoms with Crippen molar-refractivity contribution in [3.63, 3.8) is 0 Å². The summed E-state index contributed by atoms with van der Waals surface area (Å²) in [6, 6.07) is 94.2. The Balaban J connectivity index is 1.13. The minimum absolute atomic E-state index is 1.13. The Bertz CT molecular complexity index is 3490. The van der Waals surface area contributed by atoms with E-state index in [0.29, 0.717) is 0 Å². The fourth-order valence-corrected chi connectivity index (χ4v) is 15.3. The zero-order valence-electron chi connectivity index (χ0n) is 34.6. The third kappa shape index (κ3) is 5.85. The molecule has 0 unspecified atom stereocenters. The first-order valence-electron chi connectivity index (χ1n) is 21.8. The second-order valence-corrected chi connectivity index (χ2v) is 20.2. The van der Waals surface area contributed by atoms with E-state index in [9.17, 15) is 0 Å². The smallest absolute Gasteiger partial charge is 0.181 e. The molecule has 0 aliphatic heterocycles. The number of nitrogens with zero attached hydrogens (tertiary/aromatic N) is 2. The Labute approximate surface area is 368 Å².